The van der Waals surface area contributed by atoms with Gasteiger partial charge in [-0.3, -0.25) is 9.89 Å². The molecule has 1 spiro atoms. The molecule has 428 valence electrons. The molecule has 22 nitrogen and oxygen atoms in total. The van der Waals surface area contributed by atoms with Gasteiger partial charge in [0.05, 0.1) is 53.6 Å². The van der Waals surface area contributed by atoms with Crippen molar-refractivity contribution in [3.8, 4) is 11.8 Å². The van der Waals surface area contributed by atoms with E-state index in [0.29, 0.717) is 78.9 Å². The molecule has 15 N–H and O–H groups in total. The fourth-order valence-corrected chi connectivity index (χ4v) is 20.7. The number of carboxylic acid groups (broad SMARTS) is 1. The number of carbonyl (C=O) groups excluding carboxylic acids is 1. The summed E-state index contributed by atoms with van der Waals surface area (Å²) in [6, 6.07) is -1.10. The first-order valence-corrected chi connectivity index (χ1v) is 31.4. The maximum Gasteiger partial charge on any atom is 0.343 e. The smallest absolute Gasteiger partial charge is 0.343 e. The van der Waals surface area contributed by atoms with Crippen LogP contribution in [0.15, 0.2) is 68.7 Å². The monoisotopic (exact) mass is 1160 g/mol. The molecule has 10 bridgehead atoms. The van der Waals surface area contributed by atoms with E-state index >= 15 is 4.79 Å². The zero-order valence-electron chi connectivity index (χ0n) is 43.4. The predicted molar refractivity (Wildman–Crippen MR) is 292 cm³/mol. The van der Waals surface area contributed by atoms with Crippen LogP contribution in [-0.2, 0) is 33.3 Å². The molecular weight excluding hydrogens is 1090 g/mol. The number of nitrogens with two attached hydrogens (primary N) is 2. The van der Waals surface area contributed by atoms with Crippen LogP contribution in [0.4, 0.5) is 0 Å². The van der Waals surface area contributed by atoms with Gasteiger partial charge in [-0.1, -0.05) is 67.2 Å². The number of esters is 1. The number of nitrogens with zero attached hydrogens (tertiary/aromatic N) is 2. The van der Waals surface area contributed by atoms with Crippen molar-refractivity contribution >= 4 is 67.0 Å². The number of ether oxygens (including phenoxy) is 5. The van der Waals surface area contributed by atoms with Crippen molar-refractivity contribution in [2.24, 2.45) is 50.5 Å². The lowest BCUT2D eigenvalue weighted by atomic mass is 9.58. The second kappa shape index (κ2) is 23.4. The number of hydrogen-bond donors (Lipinski definition) is 13. The van der Waals surface area contributed by atoms with Crippen LogP contribution in [0, 0.1) is 40.9 Å². The molecule has 2 saturated carbocycles. The molecule has 10 aliphatic rings. The molecule has 0 amide bonds. The van der Waals surface area contributed by atoms with Crippen LogP contribution in [0.2, 0.25) is 0 Å². The standard InChI is InChI=1S/C52H71N7O15S4/c1-26(2)71-41-45(73-37(23-63)40(64)52(41,68)69)74-46-51-9-3-14-75-78-50(18-31-17-49(58-48(54)56-31)10-8-30(51)16-49)11-7-27-15-29-19-59(20-32(43(65)66)39(29)57-47(53)55-12-4-13-60)35(22-62)42(50)77-76-25-34-28(21-61)5-6-36(34)72-44(67)33(24-70-46)38(27)51/h3,9,15,20,24,26,28,30-31,34-38,40-42,45-46,60-64,68-69H,4-6,8,10,12-14,16-19,21-23,25H2,1-2H3,(H,65,66)(H3,53,55,57)(H3,54,56,58)/p+1/b9-3+,27-15+/t28-,30+,31+,34+,35+,36-,37+,38+,40+,41-,42-,45-,46-,49+,50+,51-/m0/s1. The van der Waals surface area contributed by atoms with Crippen LogP contribution in [-0.4, -0.2) is 192 Å². The molecule has 0 aromatic rings. The van der Waals surface area contributed by atoms with Crippen LogP contribution in [0.25, 0.3) is 0 Å². The molecule has 1 saturated heterocycles. The first-order chi connectivity index (χ1) is 37.4. The third-order valence-electron chi connectivity index (χ3n) is 17.2. The molecule has 10 rings (SSSR count). The van der Waals surface area contributed by atoms with Crippen molar-refractivity contribution in [2.75, 3.05) is 51.0 Å². The number of guanidine groups is 2. The summed E-state index contributed by atoms with van der Waals surface area (Å²) in [5.41, 5.74) is 11.9. The van der Waals surface area contributed by atoms with Crippen molar-refractivity contribution in [2.45, 2.75) is 142 Å². The van der Waals surface area contributed by atoms with Crippen molar-refractivity contribution in [3.63, 3.8) is 0 Å². The Kier molecular flexibility index (Phi) is 17.3. The molecule has 3 aliphatic carbocycles. The molecule has 0 radical (unpaired) electrons. The van der Waals surface area contributed by atoms with E-state index in [1.54, 1.807) is 69.3 Å². The Labute approximate surface area is 468 Å². The van der Waals surface area contributed by atoms with Gasteiger partial charge in [0.2, 0.25) is 12.1 Å². The molecule has 7 aliphatic heterocycles. The molecule has 1 unspecified atom stereocenters. The molecule has 17 atom stereocenters. The number of fused-ring (bicyclic) bond motifs is 5. The Morgan fingerprint density at radius 2 is 1.94 bits per heavy atom. The lowest BCUT2D eigenvalue weighted by molar-refractivity contribution is -0.870. The van der Waals surface area contributed by atoms with Gasteiger partial charge in [-0.2, -0.15) is 0 Å². The molecular formula is C52H72N7O15S4+. The van der Waals surface area contributed by atoms with Gasteiger partial charge in [-0.05, 0) is 83.1 Å². The van der Waals surface area contributed by atoms with E-state index in [2.05, 4.69) is 27.5 Å². The van der Waals surface area contributed by atoms with Crippen LogP contribution in [0.5, 0.6) is 0 Å². The zero-order valence-corrected chi connectivity index (χ0v) is 46.7. The van der Waals surface area contributed by atoms with E-state index in [1.165, 1.54) is 6.26 Å². The predicted octanol–water partition coefficient (Wildman–Crippen LogP) is -0.886. The SMILES string of the molecule is CC(C)O[C@H]1[C@H](O[C@@H]2OC=C3C(=O)O[C@H]4CC[C@@H](CO)[C@H]4CSS[C@H]4[C@@H](CO)[NH+]5C=C(C(=O)O)C(NC(N)=NCCCO)=C(/C=C6\C#C[C@@]47C[C@H]4C[C@]8(CC[C@H](C8)[C@@]2(/C=C/CSS7)[C@@H]36)NC(N)=N4)C5)O[C@H](CO)[C@@H](O)C1(O)O. The molecule has 78 heavy (non-hydrogen) atoms. The summed E-state index contributed by atoms with van der Waals surface area (Å²) in [5, 5.41) is 94.9. The number of aliphatic hydroxyl groups excluding tert-OH is 5. The topological polar surface area (TPSA) is 347 Å². The normalized spacial score (nSPS) is 42.0. The van der Waals surface area contributed by atoms with Gasteiger partial charge < -0.3 is 86.6 Å². The van der Waals surface area contributed by atoms with Gasteiger partial charge in [-0.15, -0.1) is 0 Å². The Hall–Kier alpha value is -3.50. The van der Waals surface area contributed by atoms with Crippen molar-refractivity contribution in [3.05, 3.63) is 58.7 Å². The summed E-state index contributed by atoms with van der Waals surface area (Å²) < 4.78 is 31.9. The second-order valence-electron chi connectivity index (χ2n) is 22.3. The number of aliphatic imine (C=N–C) groups is 2. The van der Waals surface area contributed by atoms with E-state index in [0.717, 1.165) is 0 Å². The third-order valence-corrected chi connectivity index (χ3v) is 23.3. The number of aliphatic hydroxyl groups is 7. The van der Waals surface area contributed by atoms with E-state index in [9.17, 15) is 45.6 Å². The van der Waals surface area contributed by atoms with E-state index < -0.39 is 112 Å². The number of carbonyl (C=O) groups is 2. The largest absolute Gasteiger partial charge is 0.477 e. The van der Waals surface area contributed by atoms with Gasteiger partial charge in [-0.25, -0.2) is 14.6 Å². The molecule has 26 heteroatoms. The van der Waals surface area contributed by atoms with E-state index in [4.69, 9.17) is 40.1 Å². The van der Waals surface area contributed by atoms with Gasteiger partial charge in [0.1, 0.15) is 47.4 Å². The van der Waals surface area contributed by atoms with Gasteiger partial charge in [0.25, 0.3) is 0 Å². The Bertz CT molecular complexity index is 2610. The number of rotatable bonds is 12. The van der Waals surface area contributed by atoms with Crippen LogP contribution < -0.4 is 27.0 Å². The lowest BCUT2D eigenvalue weighted by Gasteiger charge is -2.53. The van der Waals surface area contributed by atoms with Crippen LogP contribution in [0.3, 0.4) is 0 Å². The maximum absolute atomic E-state index is 15.7. The second-order valence-corrected chi connectivity index (χ2v) is 27.5. The average molecular weight is 1160 g/mol. The molecule has 0 aromatic heterocycles. The highest BCUT2D eigenvalue weighted by atomic mass is 33.1. The summed E-state index contributed by atoms with van der Waals surface area (Å²) in [6.45, 7) is 2.04. The van der Waals surface area contributed by atoms with E-state index in [1.807, 2.05) is 12.2 Å². The number of quaternary nitrogens is 1. The van der Waals surface area contributed by atoms with Gasteiger partial charge >= 0.3 is 11.9 Å². The first-order valence-electron chi connectivity index (χ1n) is 26.7. The number of aliphatic carboxylic acids is 1. The summed E-state index contributed by atoms with van der Waals surface area (Å²) in [4.78, 5) is 39.6. The molecule has 0 aromatic carbocycles. The minimum absolute atomic E-state index is 0.0574. The number of nitrogens with one attached hydrogen (secondary N) is 3. The molecule has 3 fully saturated rings. The van der Waals surface area contributed by atoms with Crippen molar-refractivity contribution in [1.29, 1.82) is 0 Å². The average Bonchev–Trinajstić information content (AvgIpc) is 3.66. The fourth-order valence-electron chi connectivity index (χ4n) is 13.6. The highest BCUT2D eigenvalue weighted by Gasteiger charge is 2.65. The quantitative estimate of drug-likeness (QED) is 0.0165. The van der Waals surface area contributed by atoms with E-state index in [-0.39, 0.29) is 73.5 Å². The highest BCUT2D eigenvalue weighted by molar-refractivity contribution is 8.79. The first kappa shape index (κ1) is 57.7. The maximum atomic E-state index is 15.7. The summed E-state index contributed by atoms with van der Waals surface area (Å²) in [5.74, 6) is 1.28. The van der Waals surface area contributed by atoms with Crippen molar-refractivity contribution < 1.29 is 79.0 Å². The minimum atomic E-state index is -3.03. The summed E-state index contributed by atoms with van der Waals surface area (Å²) in [7, 11) is 6.20. The Morgan fingerprint density at radius 1 is 1.12 bits per heavy atom. The number of allylic oxidation sites excluding steroid dienone is 1. The lowest BCUT2D eigenvalue weighted by Crippen LogP contribution is -3.14. The van der Waals surface area contributed by atoms with Gasteiger partial charge in [0.15, 0.2) is 24.3 Å². The van der Waals surface area contributed by atoms with Crippen LogP contribution in [0.1, 0.15) is 65.2 Å². The number of hydrogen-bond acceptors (Lipinski definition) is 22. The van der Waals surface area contributed by atoms with Gasteiger partial charge in [0, 0.05) is 59.8 Å². The summed E-state index contributed by atoms with van der Waals surface area (Å²) in [6.07, 6.45) is 2.45. The molecule has 7 heterocycles. The van der Waals surface area contributed by atoms with Crippen molar-refractivity contribution in [1.82, 2.24) is 10.6 Å². The Balaban J connectivity index is 1.31. The number of carboxylic acids is 1. The fraction of sp³-hybridized carbons (Fsp3) is 0.692. The minimum Gasteiger partial charge on any atom is -0.477 e. The zero-order chi connectivity index (χ0) is 55.3. The third kappa shape index (κ3) is 10.8. The summed E-state index contributed by atoms with van der Waals surface area (Å²) >= 11 is 0. The highest BCUT2D eigenvalue weighted by Crippen LogP contribution is 2.62. The Morgan fingerprint density at radius 3 is 2.68 bits per heavy atom. The van der Waals surface area contributed by atoms with Crippen LogP contribution >= 0.6 is 43.2 Å².